The molecule has 0 fully saturated rings. The number of aliphatic hydroxyl groups excluding tert-OH is 1. The molecule has 2 aromatic carbocycles. The van der Waals surface area contributed by atoms with Crippen molar-refractivity contribution in [3.8, 4) is 0 Å². The standard InChI is InChI=1S/C21H16Cl2N2O/c22-16-9-7-14(8-10-16)12-18(21(26)15-4-3-11-25-13-15)20(24)17-5-1-2-6-19(17)23/h1-13,21,24,26H. The molecule has 0 aliphatic carbocycles. The number of nitrogens with one attached hydrogen (secondary N) is 1. The zero-order valence-corrected chi connectivity index (χ0v) is 15.2. The van der Waals surface area contributed by atoms with E-state index in [4.69, 9.17) is 28.6 Å². The molecular weight excluding hydrogens is 367 g/mol. The van der Waals surface area contributed by atoms with E-state index < -0.39 is 6.10 Å². The Kier molecular flexibility index (Phi) is 5.84. The average Bonchev–Trinajstić information content (AvgIpc) is 2.67. The molecule has 1 aromatic heterocycles. The molecule has 130 valence electrons. The van der Waals surface area contributed by atoms with Gasteiger partial charge in [0.1, 0.15) is 6.10 Å². The maximum atomic E-state index is 10.9. The number of hydrogen-bond acceptors (Lipinski definition) is 3. The molecule has 0 bridgehead atoms. The highest BCUT2D eigenvalue weighted by molar-refractivity contribution is 6.35. The van der Waals surface area contributed by atoms with E-state index in [1.807, 2.05) is 18.2 Å². The molecular formula is C21H16Cl2N2O. The molecule has 26 heavy (non-hydrogen) atoms. The van der Waals surface area contributed by atoms with Gasteiger partial charge in [-0.05, 0) is 35.9 Å². The topological polar surface area (TPSA) is 57.0 Å². The summed E-state index contributed by atoms with van der Waals surface area (Å²) in [6.45, 7) is 0. The Labute approximate surface area is 162 Å². The van der Waals surface area contributed by atoms with Gasteiger partial charge in [-0.25, -0.2) is 0 Å². The predicted octanol–water partition coefficient (Wildman–Crippen LogP) is 5.57. The Morgan fingerprint density at radius 3 is 2.38 bits per heavy atom. The van der Waals surface area contributed by atoms with E-state index in [1.54, 1.807) is 60.9 Å². The summed E-state index contributed by atoms with van der Waals surface area (Å²) in [6, 6.07) is 17.8. The lowest BCUT2D eigenvalue weighted by molar-refractivity contribution is 0.222. The maximum absolute atomic E-state index is 10.9. The molecule has 0 amide bonds. The third-order valence-electron chi connectivity index (χ3n) is 3.92. The number of nitrogens with zero attached hydrogens (tertiary/aromatic N) is 1. The smallest absolute Gasteiger partial charge is 0.108 e. The largest absolute Gasteiger partial charge is 0.384 e. The summed E-state index contributed by atoms with van der Waals surface area (Å²) >= 11 is 12.2. The SMILES string of the molecule is N=C(C(=Cc1ccc(Cl)cc1)C(O)c1cccnc1)c1ccccc1Cl. The monoisotopic (exact) mass is 382 g/mol. The minimum atomic E-state index is -1.01. The molecule has 0 saturated heterocycles. The second-order valence-electron chi connectivity index (χ2n) is 5.69. The van der Waals surface area contributed by atoms with Gasteiger partial charge in [0, 0.05) is 39.1 Å². The third-order valence-corrected chi connectivity index (χ3v) is 4.50. The lowest BCUT2D eigenvalue weighted by atomic mass is 9.92. The number of aromatic nitrogens is 1. The van der Waals surface area contributed by atoms with Crippen LogP contribution in [0.25, 0.3) is 6.08 Å². The molecule has 1 atom stereocenters. The molecule has 1 unspecified atom stereocenters. The lowest BCUT2D eigenvalue weighted by Crippen LogP contribution is -2.13. The molecule has 0 radical (unpaired) electrons. The van der Waals surface area contributed by atoms with Crippen molar-refractivity contribution in [2.24, 2.45) is 0 Å². The first kappa shape index (κ1) is 18.3. The van der Waals surface area contributed by atoms with Crippen LogP contribution in [0.5, 0.6) is 0 Å². The van der Waals surface area contributed by atoms with Crippen molar-refractivity contribution in [3.05, 3.63) is 105 Å². The van der Waals surface area contributed by atoms with Gasteiger partial charge in [0.25, 0.3) is 0 Å². The molecule has 3 rings (SSSR count). The number of hydrogen-bond donors (Lipinski definition) is 2. The fraction of sp³-hybridized carbons (Fsp3) is 0.0476. The molecule has 2 N–H and O–H groups in total. The summed E-state index contributed by atoms with van der Waals surface area (Å²) in [4.78, 5) is 4.06. The van der Waals surface area contributed by atoms with Crippen LogP contribution in [0.3, 0.4) is 0 Å². The summed E-state index contributed by atoms with van der Waals surface area (Å²) in [5.74, 6) is 0. The second kappa shape index (κ2) is 8.28. The Balaban J connectivity index is 2.08. The van der Waals surface area contributed by atoms with Crippen LogP contribution in [-0.2, 0) is 0 Å². The fourth-order valence-electron chi connectivity index (χ4n) is 2.56. The van der Waals surface area contributed by atoms with E-state index in [-0.39, 0.29) is 5.71 Å². The van der Waals surface area contributed by atoms with Gasteiger partial charge in [0.05, 0.1) is 5.71 Å². The first-order valence-electron chi connectivity index (χ1n) is 7.95. The van der Waals surface area contributed by atoms with Crippen molar-refractivity contribution >= 4 is 35.0 Å². The van der Waals surface area contributed by atoms with Crippen LogP contribution < -0.4 is 0 Å². The molecule has 0 aliphatic heterocycles. The van der Waals surface area contributed by atoms with Crippen LogP contribution >= 0.6 is 23.2 Å². The van der Waals surface area contributed by atoms with Crippen molar-refractivity contribution in [1.82, 2.24) is 4.98 Å². The van der Waals surface area contributed by atoms with E-state index in [0.29, 0.717) is 26.7 Å². The van der Waals surface area contributed by atoms with Gasteiger partial charge in [0.15, 0.2) is 0 Å². The van der Waals surface area contributed by atoms with Crippen molar-refractivity contribution in [2.45, 2.75) is 6.10 Å². The van der Waals surface area contributed by atoms with Crippen LogP contribution in [0.15, 0.2) is 78.6 Å². The van der Waals surface area contributed by atoms with Gasteiger partial charge in [0.2, 0.25) is 0 Å². The van der Waals surface area contributed by atoms with E-state index in [1.165, 1.54) is 0 Å². The van der Waals surface area contributed by atoms with Gasteiger partial charge in [-0.1, -0.05) is 59.6 Å². The number of halogens is 2. The highest BCUT2D eigenvalue weighted by Gasteiger charge is 2.20. The summed E-state index contributed by atoms with van der Waals surface area (Å²) < 4.78 is 0. The molecule has 3 aromatic rings. The van der Waals surface area contributed by atoms with Crippen LogP contribution in [-0.4, -0.2) is 15.8 Å². The van der Waals surface area contributed by atoms with Gasteiger partial charge >= 0.3 is 0 Å². The normalized spacial score (nSPS) is 12.7. The van der Waals surface area contributed by atoms with E-state index in [0.717, 1.165) is 5.56 Å². The van der Waals surface area contributed by atoms with Gasteiger partial charge in [-0.2, -0.15) is 0 Å². The first-order chi connectivity index (χ1) is 12.6. The molecule has 0 saturated carbocycles. The minimum Gasteiger partial charge on any atom is -0.384 e. The number of rotatable bonds is 5. The lowest BCUT2D eigenvalue weighted by Gasteiger charge is -2.17. The summed E-state index contributed by atoms with van der Waals surface area (Å²) in [7, 11) is 0. The quantitative estimate of drug-likeness (QED) is 0.566. The Bertz CT molecular complexity index is 938. The second-order valence-corrected chi connectivity index (χ2v) is 6.54. The van der Waals surface area contributed by atoms with Gasteiger partial charge in [-0.15, -0.1) is 0 Å². The third kappa shape index (κ3) is 4.20. The summed E-state index contributed by atoms with van der Waals surface area (Å²) in [5, 5.41) is 20.6. The Morgan fingerprint density at radius 1 is 1.00 bits per heavy atom. The van der Waals surface area contributed by atoms with Crippen LogP contribution in [0, 0.1) is 5.41 Å². The molecule has 0 spiro atoms. The molecule has 1 heterocycles. The minimum absolute atomic E-state index is 0.155. The zero-order valence-electron chi connectivity index (χ0n) is 13.7. The maximum Gasteiger partial charge on any atom is 0.108 e. The van der Waals surface area contributed by atoms with Crippen molar-refractivity contribution in [1.29, 1.82) is 5.41 Å². The summed E-state index contributed by atoms with van der Waals surface area (Å²) in [6.07, 6.45) is 3.97. The van der Waals surface area contributed by atoms with Gasteiger partial charge in [-0.3, -0.25) is 10.4 Å². The van der Waals surface area contributed by atoms with Crippen LogP contribution in [0.2, 0.25) is 10.0 Å². The van der Waals surface area contributed by atoms with Gasteiger partial charge < -0.3 is 5.11 Å². The molecule has 0 aliphatic rings. The summed E-state index contributed by atoms with van der Waals surface area (Å²) in [5.41, 5.74) is 2.56. The van der Waals surface area contributed by atoms with Crippen molar-refractivity contribution < 1.29 is 5.11 Å². The molecule has 3 nitrogen and oxygen atoms in total. The predicted molar refractivity (Wildman–Crippen MR) is 107 cm³/mol. The number of benzene rings is 2. The molecule has 5 heteroatoms. The first-order valence-corrected chi connectivity index (χ1v) is 8.71. The van der Waals surface area contributed by atoms with E-state index >= 15 is 0 Å². The van der Waals surface area contributed by atoms with Crippen molar-refractivity contribution in [3.63, 3.8) is 0 Å². The fourth-order valence-corrected chi connectivity index (χ4v) is 2.92. The Hall–Kier alpha value is -2.46. The van der Waals surface area contributed by atoms with E-state index in [9.17, 15) is 5.11 Å². The van der Waals surface area contributed by atoms with Crippen LogP contribution in [0.4, 0.5) is 0 Å². The zero-order chi connectivity index (χ0) is 18.5. The number of pyridine rings is 1. The Morgan fingerprint density at radius 2 is 1.73 bits per heavy atom. The van der Waals surface area contributed by atoms with Crippen molar-refractivity contribution in [2.75, 3.05) is 0 Å². The highest BCUT2D eigenvalue weighted by atomic mass is 35.5. The number of aliphatic hydroxyl groups is 1. The highest BCUT2D eigenvalue weighted by Crippen LogP contribution is 2.29. The van der Waals surface area contributed by atoms with E-state index in [2.05, 4.69) is 4.98 Å². The average molecular weight is 383 g/mol. The van der Waals surface area contributed by atoms with Crippen LogP contribution in [0.1, 0.15) is 22.8 Å².